The first kappa shape index (κ1) is 4.20. The van der Waals surface area contributed by atoms with Crippen molar-refractivity contribution in [3.63, 3.8) is 0 Å². The Morgan fingerprint density at radius 3 is 2.71 bits per heavy atom. The summed E-state index contributed by atoms with van der Waals surface area (Å²) in [4.78, 5) is 0. The van der Waals surface area contributed by atoms with Crippen LogP contribution in [0.1, 0.15) is 0 Å². The molecule has 7 heavy (non-hydrogen) atoms. The average molecular weight is 99.1 g/mol. The van der Waals surface area contributed by atoms with E-state index in [2.05, 4.69) is 10.3 Å². The average Bonchev–Trinajstić information content (AvgIpc) is 1.87. The molecule has 0 aromatic heterocycles. The highest BCUT2D eigenvalue weighted by Crippen LogP contribution is 1.96. The van der Waals surface area contributed by atoms with Crippen LogP contribution in [-0.4, -0.2) is 17.6 Å². The molecule has 0 aromatic carbocycles. The maximum atomic E-state index is 9.97. The van der Waals surface area contributed by atoms with E-state index in [1.165, 1.54) is 0 Å². The smallest absolute Gasteiger partial charge is 0.165 e. The Bertz CT molecular complexity index is 119. The monoisotopic (exact) mass is 99.0 g/mol. The first-order chi connectivity index (χ1) is 3.29. The molecule has 0 fully saturated rings. The van der Waals surface area contributed by atoms with Crippen LogP contribution in [0.25, 0.3) is 0 Å². The molecular formula is C2H3N4O-. The third kappa shape index (κ3) is 0.716. The summed E-state index contributed by atoms with van der Waals surface area (Å²) in [5.41, 5.74) is 0. The van der Waals surface area contributed by atoms with Crippen molar-refractivity contribution < 1.29 is 0 Å². The van der Waals surface area contributed by atoms with Gasteiger partial charge in [-0.3, -0.25) is 5.41 Å². The van der Waals surface area contributed by atoms with Crippen molar-refractivity contribution in [1.29, 1.82) is 5.41 Å². The number of amidine groups is 1. The molecule has 0 spiro atoms. The van der Waals surface area contributed by atoms with Gasteiger partial charge in [-0.1, -0.05) is 5.22 Å². The van der Waals surface area contributed by atoms with Crippen LogP contribution in [0.3, 0.4) is 0 Å². The maximum Gasteiger partial charge on any atom is 0.165 e. The molecule has 1 N–H and O–H groups in total. The summed E-state index contributed by atoms with van der Waals surface area (Å²) in [6.07, 6.45) is 0. The molecule has 0 atom stereocenters. The molecule has 1 aliphatic heterocycles. The van der Waals surface area contributed by atoms with E-state index in [0.717, 1.165) is 0 Å². The third-order valence-corrected chi connectivity index (χ3v) is 0.550. The van der Waals surface area contributed by atoms with Gasteiger partial charge in [0.15, 0.2) is 5.84 Å². The number of rotatable bonds is 0. The largest absolute Gasteiger partial charge is 0.740 e. The van der Waals surface area contributed by atoms with Gasteiger partial charge in [-0.15, -0.1) is 5.11 Å². The van der Waals surface area contributed by atoms with E-state index >= 15 is 0 Å². The molecular weight excluding hydrogens is 96.0 g/mol. The van der Waals surface area contributed by atoms with Crippen molar-refractivity contribution >= 4 is 5.84 Å². The van der Waals surface area contributed by atoms with E-state index in [-0.39, 0.29) is 12.4 Å². The first-order valence-electron chi connectivity index (χ1n) is 1.73. The zero-order chi connectivity index (χ0) is 5.28. The predicted molar refractivity (Wildman–Crippen MR) is 22.7 cm³/mol. The number of nitrogens with zero attached hydrogens (tertiary/aromatic N) is 3. The van der Waals surface area contributed by atoms with Crippen LogP contribution in [0.15, 0.2) is 10.3 Å². The Morgan fingerprint density at radius 1 is 1.86 bits per heavy atom. The Balaban J connectivity index is 2.58. The third-order valence-electron chi connectivity index (χ3n) is 0.550. The molecule has 1 rings (SSSR count). The molecule has 1 aliphatic rings. The van der Waals surface area contributed by atoms with E-state index in [1.54, 1.807) is 0 Å². The standard InChI is InChI=1S/C2H3N4O/c3-2-1-6(7)5-4-2/h3H,1H2/q-1. The second kappa shape index (κ2) is 1.27. The molecule has 0 saturated heterocycles. The molecule has 38 valence electrons. The fraction of sp³-hybridized carbons (Fsp3) is 0.500. The predicted octanol–water partition coefficient (Wildman–Crippen LogP) is 0.144. The molecule has 0 bridgehead atoms. The van der Waals surface area contributed by atoms with Gasteiger partial charge in [-0.25, -0.2) is 0 Å². The van der Waals surface area contributed by atoms with Crippen molar-refractivity contribution in [3.8, 4) is 0 Å². The lowest BCUT2D eigenvalue weighted by Gasteiger charge is -2.13. The molecule has 0 saturated carbocycles. The molecule has 0 unspecified atom stereocenters. The van der Waals surface area contributed by atoms with Gasteiger partial charge in [0.25, 0.3) is 0 Å². The van der Waals surface area contributed by atoms with Crippen molar-refractivity contribution in [3.05, 3.63) is 5.21 Å². The zero-order valence-corrected chi connectivity index (χ0v) is 3.46. The molecule has 0 radical (unpaired) electrons. The summed E-state index contributed by atoms with van der Waals surface area (Å²) in [6, 6.07) is 0. The van der Waals surface area contributed by atoms with Gasteiger partial charge in [-0.05, 0) is 0 Å². The molecule has 5 heteroatoms. The molecule has 0 amide bonds. The van der Waals surface area contributed by atoms with E-state index in [4.69, 9.17) is 5.41 Å². The summed E-state index contributed by atoms with van der Waals surface area (Å²) in [5, 5.41) is 23.1. The fourth-order valence-electron chi connectivity index (χ4n) is 0.295. The van der Waals surface area contributed by atoms with Crippen LogP contribution in [-0.2, 0) is 0 Å². The second-order valence-corrected chi connectivity index (χ2v) is 1.15. The van der Waals surface area contributed by atoms with Crippen LogP contribution < -0.4 is 0 Å². The Hall–Kier alpha value is -0.970. The molecule has 0 aliphatic carbocycles. The zero-order valence-electron chi connectivity index (χ0n) is 3.46. The topological polar surface area (TPSA) is 74.9 Å². The second-order valence-electron chi connectivity index (χ2n) is 1.15. The van der Waals surface area contributed by atoms with E-state index < -0.39 is 0 Å². The highest BCUT2D eigenvalue weighted by molar-refractivity contribution is 5.82. The van der Waals surface area contributed by atoms with Gasteiger partial charge in [0.2, 0.25) is 0 Å². The van der Waals surface area contributed by atoms with Crippen LogP contribution in [0.2, 0.25) is 0 Å². The highest BCUT2D eigenvalue weighted by Gasteiger charge is 2.00. The number of hydroxylamine groups is 1. The van der Waals surface area contributed by atoms with Crippen molar-refractivity contribution in [2.45, 2.75) is 0 Å². The number of nitrogens with one attached hydrogen (secondary N) is 1. The highest BCUT2D eigenvalue weighted by atomic mass is 16.5. The van der Waals surface area contributed by atoms with Gasteiger partial charge < -0.3 is 10.4 Å². The normalized spacial score (nSPS) is 19.0. The van der Waals surface area contributed by atoms with E-state index in [9.17, 15) is 5.21 Å². The summed E-state index contributed by atoms with van der Waals surface area (Å²) in [7, 11) is 0. The lowest BCUT2D eigenvalue weighted by Crippen LogP contribution is -2.08. The van der Waals surface area contributed by atoms with Crippen molar-refractivity contribution in [2.24, 2.45) is 10.3 Å². The Kier molecular flexibility index (Phi) is 0.759. The van der Waals surface area contributed by atoms with Gasteiger partial charge in [-0.2, -0.15) is 0 Å². The van der Waals surface area contributed by atoms with Gasteiger partial charge >= 0.3 is 0 Å². The number of hydrogen-bond donors (Lipinski definition) is 1. The van der Waals surface area contributed by atoms with Crippen LogP contribution in [0.4, 0.5) is 0 Å². The molecule has 0 aromatic rings. The fourth-order valence-corrected chi connectivity index (χ4v) is 0.295. The minimum absolute atomic E-state index is 0.000000000000000222. The van der Waals surface area contributed by atoms with Crippen molar-refractivity contribution in [2.75, 3.05) is 6.54 Å². The quantitative estimate of drug-likeness (QED) is 0.469. The number of hydrogen-bond acceptors (Lipinski definition) is 4. The minimum atomic E-state index is -0.000000000000000222. The maximum absolute atomic E-state index is 9.97. The van der Waals surface area contributed by atoms with E-state index in [0.29, 0.717) is 5.17 Å². The van der Waals surface area contributed by atoms with Gasteiger partial charge in [0.1, 0.15) is 0 Å². The van der Waals surface area contributed by atoms with Crippen LogP contribution >= 0.6 is 0 Å². The van der Waals surface area contributed by atoms with Crippen molar-refractivity contribution in [1.82, 2.24) is 5.17 Å². The van der Waals surface area contributed by atoms with E-state index in [1.807, 2.05) is 0 Å². The molecule has 5 nitrogen and oxygen atoms in total. The molecule has 1 heterocycles. The first-order valence-corrected chi connectivity index (χ1v) is 1.73. The lowest BCUT2D eigenvalue weighted by atomic mass is 10.6. The Labute approximate surface area is 39.7 Å². The summed E-state index contributed by atoms with van der Waals surface area (Å²) in [5.74, 6) is 0.0231. The Morgan fingerprint density at radius 2 is 2.57 bits per heavy atom. The van der Waals surface area contributed by atoms with Gasteiger partial charge in [0, 0.05) is 0 Å². The summed E-state index contributed by atoms with van der Waals surface area (Å²) >= 11 is 0. The summed E-state index contributed by atoms with van der Waals surface area (Å²) in [6.45, 7) is -0.000000000000000222. The lowest BCUT2D eigenvalue weighted by molar-refractivity contribution is 0.460. The van der Waals surface area contributed by atoms with Crippen LogP contribution in [0, 0.1) is 10.6 Å². The van der Waals surface area contributed by atoms with Crippen LogP contribution in [0.5, 0.6) is 0 Å². The summed E-state index contributed by atoms with van der Waals surface area (Å²) < 4.78 is 0. The SMILES string of the molecule is N=C1CN([O-])N=N1. The van der Waals surface area contributed by atoms with Gasteiger partial charge in [0.05, 0.1) is 6.54 Å². The minimum Gasteiger partial charge on any atom is -0.740 e.